The predicted octanol–water partition coefficient (Wildman–Crippen LogP) is 23.9. The zero-order valence-corrected chi connectivity index (χ0v) is 45.0. The smallest absolute Gasteiger partial charge is 0.200 e. The van der Waals surface area contributed by atoms with Gasteiger partial charge >= 0.3 is 143 Å². The highest BCUT2D eigenvalue weighted by Crippen LogP contribution is 2.71. The van der Waals surface area contributed by atoms with E-state index in [1.165, 1.54) is 0 Å². The molecule has 0 saturated carbocycles. The quantitative estimate of drug-likeness (QED) is 0.0423. The molecular formula is C44H40F50. The molecule has 0 nitrogen and oxygen atoms in total. The van der Waals surface area contributed by atoms with Crippen LogP contribution in [0.15, 0.2) is 0 Å². The SMILES string of the molecule is FC(F)(F)C(F)(F)C(F)(F)C(F)(F)C(F)(F)C(F)(F)C(F)(F)C(F)(F)C(F)(F)C(F)(F)C(F)(F)C(F)(F)CCCCCCCCCCCCCCCCCCCCC(F)(F)C(F)(F)C(F)(F)C(F)(F)C(F)(F)C(F)(F)C(F)(F)C(F)(F)C(F)(F)C(F)(F)C(F)(F)C(F)(F)F. The van der Waals surface area contributed by atoms with Gasteiger partial charge in [-0.25, -0.2) is 0 Å². The first kappa shape index (κ1) is 90.5. The molecule has 0 spiro atoms. The Balaban J connectivity index is 5.29. The second kappa shape index (κ2) is 27.2. The fourth-order valence-electron chi connectivity index (χ4n) is 7.81. The van der Waals surface area contributed by atoms with Crippen molar-refractivity contribution in [1.82, 2.24) is 0 Å². The summed E-state index contributed by atoms with van der Waals surface area (Å²) in [5.74, 6) is -199. The molecule has 0 atom stereocenters. The first-order valence-corrected chi connectivity index (χ1v) is 25.2. The lowest BCUT2D eigenvalue weighted by Gasteiger charge is -2.45. The number of rotatable bonds is 41. The van der Waals surface area contributed by atoms with Crippen molar-refractivity contribution in [3.8, 4) is 0 Å². The molecule has 0 unspecified atom stereocenters. The Bertz CT molecular complexity index is 2240. The summed E-state index contributed by atoms with van der Waals surface area (Å²) in [5.41, 5.74) is 0. The number of unbranched alkanes of at least 4 members (excludes halogenated alkanes) is 17. The Hall–Kier alpha value is -3.50. The summed E-state index contributed by atoms with van der Waals surface area (Å²) in [6.45, 7) is 0. The van der Waals surface area contributed by atoms with Crippen LogP contribution in [-0.4, -0.2) is 143 Å². The average molecular weight is 1520 g/mol. The molecule has 0 N–H and O–H groups in total. The first-order chi connectivity index (χ1) is 40.7. The van der Waals surface area contributed by atoms with E-state index in [-0.39, 0.29) is 51.4 Å². The van der Waals surface area contributed by atoms with Gasteiger partial charge in [0.05, 0.1) is 0 Å². The van der Waals surface area contributed by atoms with Gasteiger partial charge in [-0.2, -0.15) is 220 Å². The molecule has 0 heterocycles. The number of alkyl halides is 50. The molecule has 0 amide bonds. The zero-order chi connectivity index (χ0) is 76.1. The molecule has 0 fully saturated rings. The van der Waals surface area contributed by atoms with Crippen LogP contribution in [0.2, 0.25) is 0 Å². The Morgan fingerprint density at radius 1 is 0.0957 bits per heavy atom. The van der Waals surface area contributed by atoms with Gasteiger partial charge in [0, 0.05) is 12.8 Å². The van der Waals surface area contributed by atoms with Gasteiger partial charge in [0.15, 0.2) is 0 Å². The average Bonchev–Trinajstić information content (AvgIpc) is 0.691. The van der Waals surface area contributed by atoms with Crippen LogP contribution in [0.3, 0.4) is 0 Å². The van der Waals surface area contributed by atoms with E-state index in [9.17, 15) is 220 Å². The van der Waals surface area contributed by atoms with E-state index in [2.05, 4.69) is 0 Å². The van der Waals surface area contributed by atoms with Crippen LogP contribution in [0.1, 0.15) is 128 Å². The second-order valence-electron chi connectivity index (χ2n) is 20.8. The van der Waals surface area contributed by atoms with E-state index in [0.717, 1.165) is 0 Å². The molecular weight excluding hydrogens is 1480 g/mol. The van der Waals surface area contributed by atoms with E-state index in [4.69, 9.17) is 0 Å². The summed E-state index contributed by atoms with van der Waals surface area (Å²) >= 11 is 0. The lowest BCUT2D eigenvalue weighted by Crippen LogP contribution is -2.78. The van der Waals surface area contributed by atoms with Gasteiger partial charge in [-0.15, -0.1) is 0 Å². The van der Waals surface area contributed by atoms with Crippen molar-refractivity contribution in [1.29, 1.82) is 0 Å². The van der Waals surface area contributed by atoms with Gasteiger partial charge in [0.1, 0.15) is 0 Å². The van der Waals surface area contributed by atoms with Crippen LogP contribution in [0.4, 0.5) is 220 Å². The van der Waals surface area contributed by atoms with Crippen molar-refractivity contribution < 1.29 is 220 Å². The summed E-state index contributed by atoms with van der Waals surface area (Å²) < 4.78 is 684. The third kappa shape index (κ3) is 14.1. The minimum atomic E-state index is -9.71. The third-order valence-electron chi connectivity index (χ3n) is 14.0. The van der Waals surface area contributed by atoms with E-state index in [1.54, 1.807) is 0 Å². The topological polar surface area (TPSA) is 0 Å². The Morgan fingerprint density at radius 3 is 0.287 bits per heavy atom. The molecule has 0 aliphatic carbocycles. The normalized spacial score (nSPS) is 16.4. The maximum Gasteiger partial charge on any atom is 0.460 e. The second-order valence-corrected chi connectivity index (χ2v) is 20.8. The minimum absolute atomic E-state index is 0.0859. The molecule has 566 valence electrons. The van der Waals surface area contributed by atoms with E-state index in [1.807, 2.05) is 0 Å². The molecule has 0 aromatic heterocycles. The standard InChI is InChI=1S/C44H40F50/c45-21(46,23(49,50)25(53,54)27(57,58)29(61,62)31(65,66)33(69,70)35(73,74)37(77,78)39(81,82)41(85,86)43(89,90)91)19-17-15-13-11-9-7-5-3-1-2-4-6-8-10-12-14-16-18-20-22(47,48)24(51,52)26(55,56)28(59,60)30(63,64)32(67,68)34(71,72)36(75,76)38(79,80)40(83,84)42(87,88)44(92,93)94/h1-20H2. The van der Waals surface area contributed by atoms with Crippen molar-refractivity contribution in [2.45, 2.75) is 271 Å². The number of halogens is 50. The van der Waals surface area contributed by atoms with Crippen molar-refractivity contribution in [2.75, 3.05) is 0 Å². The summed E-state index contributed by atoms with van der Waals surface area (Å²) in [6.07, 6.45) is -24.9. The van der Waals surface area contributed by atoms with E-state index >= 15 is 0 Å². The van der Waals surface area contributed by atoms with Crippen molar-refractivity contribution >= 4 is 0 Å². The number of hydrogen-bond donors (Lipinski definition) is 0. The van der Waals surface area contributed by atoms with E-state index in [0.29, 0.717) is 38.5 Å². The molecule has 94 heavy (non-hydrogen) atoms. The Kier molecular flexibility index (Phi) is 26.2. The molecule has 0 aromatic rings. The predicted molar refractivity (Wildman–Crippen MR) is 213 cm³/mol. The fraction of sp³-hybridized carbons (Fsp3) is 1.00. The van der Waals surface area contributed by atoms with Crippen molar-refractivity contribution in [3.05, 3.63) is 0 Å². The molecule has 0 rings (SSSR count). The van der Waals surface area contributed by atoms with Crippen LogP contribution < -0.4 is 0 Å². The molecule has 0 saturated heterocycles. The largest absolute Gasteiger partial charge is 0.460 e. The van der Waals surface area contributed by atoms with Crippen LogP contribution in [0.25, 0.3) is 0 Å². The van der Waals surface area contributed by atoms with Gasteiger partial charge in [0.2, 0.25) is 0 Å². The van der Waals surface area contributed by atoms with Gasteiger partial charge in [-0.05, 0) is 12.8 Å². The lowest BCUT2D eigenvalue weighted by atomic mass is 9.84. The molecule has 50 heteroatoms. The lowest BCUT2D eigenvalue weighted by molar-refractivity contribution is -0.482. The van der Waals surface area contributed by atoms with Crippen LogP contribution >= 0.6 is 0 Å². The van der Waals surface area contributed by atoms with Crippen molar-refractivity contribution in [3.63, 3.8) is 0 Å². The summed E-state index contributed by atoms with van der Waals surface area (Å²) in [6, 6.07) is 0. The highest BCUT2D eigenvalue weighted by Gasteiger charge is 3.02. The maximum absolute atomic E-state index is 14.2. The van der Waals surface area contributed by atoms with Gasteiger partial charge in [0.25, 0.3) is 0 Å². The molecule has 0 aliphatic heterocycles. The van der Waals surface area contributed by atoms with Crippen LogP contribution in [-0.2, 0) is 0 Å². The fourth-order valence-corrected chi connectivity index (χ4v) is 7.81. The third-order valence-corrected chi connectivity index (χ3v) is 14.0. The Labute approximate surface area is 491 Å². The minimum Gasteiger partial charge on any atom is -0.200 e. The monoisotopic (exact) mass is 1520 g/mol. The Morgan fingerprint density at radius 2 is 0.181 bits per heavy atom. The van der Waals surface area contributed by atoms with Crippen LogP contribution in [0.5, 0.6) is 0 Å². The van der Waals surface area contributed by atoms with Gasteiger partial charge in [-0.1, -0.05) is 103 Å². The first-order valence-electron chi connectivity index (χ1n) is 25.2. The maximum atomic E-state index is 14.2. The molecule has 0 radical (unpaired) electrons. The molecule has 0 aromatic carbocycles. The molecule has 0 aliphatic rings. The molecule has 0 bridgehead atoms. The summed E-state index contributed by atoms with van der Waals surface area (Å²) in [4.78, 5) is 0. The van der Waals surface area contributed by atoms with Crippen molar-refractivity contribution in [2.24, 2.45) is 0 Å². The van der Waals surface area contributed by atoms with Gasteiger partial charge in [-0.3, -0.25) is 0 Å². The van der Waals surface area contributed by atoms with E-state index < -0.39 is 181 Å². The summed E-state index contributed by atoms with van der Waals surface area (Å²) in [7, 11) is 0. The van der Waals surface area contributed by atoms with Gasteiger partial charge < -0.3 is 0 Å². The zero-order valence-electron chi connectivity index (χ0n) is 45.0. The summed E-state index contributed by atoms with van der Waals surface area (Å²) in [5, 5.41) is 0. The highest BCUT2D eigenvalue weighted by atomic mass is 19.5. The highest BCUT2D eigenvalue weighted by molar-refractivity contribution is 5.22. The number of hydrogen-bond acceptors (Lipinski definition) is 0. The van der Waals surface area contributed by atoms with Crippen LogP contribution in [0, 0.1) is 0 Å².